The molecule has 4 N–H and O–H groups in total. The fourth-order valence-corrected chi connectivity index (χ4v) is 2.69. The maximum Gasteiger partial charge on any atom is 0.248 e. The van der Waals surface area contributed by atoms with Gasteiger partial charge in [0, 0.05) is 44.7 Å². The molecule has 0 spiro atoms. The standard InChI is InChI=1S/C17H25N5O2/c1-3-15(23)22-9-8-14(11-22)21-17(19-2)20-10-12-4-6-13(7-5-12)16(18)24/h4-7,14H,3,8-11H2,1-2H3,(H2,18,24)(H2,19,20,21). The number of hydrogen-bond donors (Lipinski definition) is 3. The molecule has 7 heteroatoms. The van der Waals surface area contributed by atoms with Crippen molar-refractivity contribution in [3.8, 4) is 0 Å². The number of rotatable bonds is 5. The highest BCUT2D eigenvalue weighted by Crippen LogP contribution is 2.10. The lowest BCUT2D eigenvalue weighted by molar-refractivity contribution is -0.129. The van der Waals surface area contributed by atoms with Crippen molar-refractivity contribution in [1.29, 1.82) is 0 Å². The Morgan fingerprint density at radius 1 is 1.33 bits per heavy atom. The van der Waals surface area contributed by atoms with Gasteiger partial charge in [-0.05, 0) is 24.1 Å². The Morgan fingerprint density at radius 2 is 2.04 bits per heavy atom. The van der Waals surface area contributed by atoms with Crippen molar-refractivity contribution in [2.45, 2.75) is 32.4 Å². The van der Waals surface area contributed by atoms with Gasteiger partial charge >= 0.3 is 0 Å². The van der Waals surface area contributed by atoms with E-state index in [2.05, 4.69) is 15.6 Å². The molecular weight excluding hydrogens is 306 g/mol. The maximum atomic E-state index is 11.7. The Morgan fingerprint density at radius 3 is 2.62 bits per heavy atom. The van der Waals surface area contributed by atoms with Crippen LogP contribution in [0.2, 0.25) is 0 Å². The van der Waals surface area contributed by atoms with E-state index in [4.69, 9.17) is 5.73 Å². The summed E-state index contributed by atoms with van der Waals surface area (Å²) in [5, 5.41) is 6.58. The van der Waals surface area contributed by atoms with Crippen LogP contribution in [0.5, 0.6) is 0 Å². The van der Waals surface area contributed by atoms with Gasteiger partial charge in [-0.1, -0.05) is 19.1 Å². The normalized spacial score (nSPS) is 17.7. The van der Waals surface area contributed by atoms with Gasteiger partial charge in [-0.2, -0.15) is 0 Å². The fourth-order valence-electron chi connectivity index (χ4n) is 2.69. The van der Waals surface area contributed by atoms with Crippen LogP contribution in [0.4, 0.5) is 0 Å². The summed E-state index contributed by atoms with van der Waals surface area (Å²) < 4.78 is 0. The second-order valence-electron chi connectivity index (χ2n) is 5.81. The van der Waals surface area contributed by atoms with E-state index in [0.717, 1.165) is 18.5 Å². The fraction of sp³-hybridized carbons (Fsp3) is 0.471. The SMILES string of the molecule is CCC(=O)N1CCC(NC(=NC)NCc2ccc(C(N)=O)cc2)C1. The summed E-state index contributed by atoms with van der Waals surface area (Å²) >= 11 is 0. The number of nitrogens with two attached hydrogens (primary N) is 1. The zero-order valence-electron chi connectivity index (χ0n) is 14.2. The zero-order chi connectivity index (χ0) is 17.5. The molecule has 0 radical (unpaired) electrons. The first-order chi connectivity index (χ1) is 11.5. The van der Waals surface area contributed by atoms with Crippen LogP contribution in [-0.4, -0.2) is 48.9 Å². The van der Waals surface area contributed by atoms with Gasteiger partial charge in [-0.3, -0.25) is 14.6 Å². The monoisotopic (exact) mass is 331 g/mol. The molecule has 0 aliphatic carbocycles. The molecule has 1 fully saturated rings. The van der Waals surface area contributed by atoms with E-state index in [9.17, 15) is 9.59 Å². The highest BCUT2D eigenvalue weighted by Gasteiger charge is 2.25. The highest BCUT2D eigenvalue weighted by molar-refractivity contribution is 5.92. The van der Waals surface area contributed by atoms with Crippen molar-refractivity contribution in [3.63, 3.8) is 0 Å². The predicted octanol–water partition coefficient (Wildman–Crippen LogP) is 0.461. The molecule has 1 aromatic carbocycles. The van der Waals surface area contributed by atoms with Crippen LogP contribution < -0.4 is 16.4 Å². The molecule has 1 unspecified atom stereocenters. The summed E-state index contributed by atoms with van der Waals surface area (Å²) in [6.45, 7) is 3.96. The Labute approximate surface area is 142 Å². The second kappa shape index (κ2) is 8.33. The molecular formula is C17H25N5O2. The number of guanidine groups is 1. The lowest BCUT2D eigenvalue weighted by atomic mass is 10.1. The first-order valence-electron chi connectivity index (χ1n) is 8.17. The molecule has 1 saturated heterocycles. The van der Waals surface area contributed by atoms with E-state index in [1.807, 2.05) is 24.0 Å². The molecule has 2 rings (SSSR count). The van der Waals surface area contributed by atoms with E-state index in [0.29, 0.717) is 31.0 Å². The van der Waals surface area contributed by atoms with Gasteiger partial charge in [0.15, 0.2) is 5.96 Å². The molecule has 1 aliphatic rings. The van der Waals surface area contributed by atoms with Gasteiger partial charge < -0.3 is 21.3 Å². The predicted molar refractivity (Wildman–Crippen MR) is 93.6 cm³/mol. The number of nitrogens with one attached hydrogen (secondary N) is 2. The number of hydrogen-bond acceptors (Lipinski definition) is 3. The van der Waals surface area contributed by atoms with Crippen LogP contribution in [0.1, 0.15) is 35.7 Å². The highest BCUT2D eigenvalue weighted by atomic mass is 16.2. The molecule has 0 saturated carbocycles. The summed E-state index contributed by atoms with van der Waals surface area (Å²) in [4.78, 5) is 28.9. The van der Waals surface area contributed by atoms with Crippen molar-refractivity contribution in [2.24, 2.45) is 10.7 Å². The van der Waals surface area contributed by atoms with Gasteiger partial charge in [-0.15, -0.1) is 0 Å². The Hall–Kier alpha value is -2.57. The number of primary amides is 1. The molecule has 2 amide bonds. The van der Waals surface area contributed by atoms with E-state index < -0.39 is 5.91 Å². The number of carbonyl (C=O) groups is 2. The molecule has 0 aromatic heterocycles. The van der Waals surface area contributed by atoms with E-state index in [-0.39, 0.29) is 11.9 Å². The summed E-state index contributed by atoms with van der Waals surface area (Å²) in [5.74, 6) is 0.459. The summed E-state index contributed by atoms with van der Waals surface area (Å²) in [6.07, 6.45) is 1.46. The third kappa shape index (κ3) is 4.71. The maximum absolute atomic E-state index is 11.7. The smallest absolute Gasteiger partial charge is 0.248 e. The minimum Gasteiger partial charge on any atom is -0.366 e. The van der Waals surface area contributed by atoms with Crippen molar-refractivity contribution in [3.05, 3.63) is 35.4 Å². The largest absolute Gasteiger partial charge is 0.366 e. The lowest BCUT2D eigenvalue weighted by Crippen LogP contribution is -2.44. The average molecular weight is 331 g/mol. The molecule has 1 aromatic rings. The van der Waals surface area contributed by atoms with E-state index in [1.54, 1.807) is 19.2 Å². The van der Waals surface area contributed by atoms with Crippen molar-refractivity contribution in [1.82, 2.24) is 15.5 Å². The average Bonchev–Trinajstić information content (AvgIpc) is 3.06. The molecule has 1 atom stereocenters. The number of carbonyl (C=O) groups excluding carboxylic acids is 2. The van der Waals surface area contributed by atoms with Crippen LogP contribution in [0.15, 0.2) is 29.3 Å². The zero-order valence-corrected chi connectivity index (χ0v) is 14.2. The van der Waals surface area contributed by atoms with Gasteiger partial charge in [0.2, 0.25) is 11.8 Å². The van der Waals surface area contributed by atoms with Gasteiger partial charge in [0.1, 0.15) is 0 Å². The lowest BCUT2D eigenvalue weighted by Gasteiger charge is -2.18. The van der Waals surface area contributed by atoms with Crippen LogP contribution >= 0.6 is 0 Å². The topological polar surface area (TPSA) is 99.8 Å². The summed E-state index contributed by atoms with van der Waals surface area (Å²) in [7, 11) is 1.72. The van der Waals surface area contributed by atoms with E-state index in [1.165, 1.54) is 0 Å². The number of aliphatic imine (C=N–C) groups is 1. The Bertz CT molecular complexity index is 612. The molecule has 1 heterocycles. The summed E-state index contributed by atoms with van der Waals surface area (Å²) in [5.41, 5.74) is 6.75. The number of benzene rings is 1. The van der Waals surface area contributed by atoms with Crippen LogP contribution in [0.25, 0.3) is 0 Å². The second-order valence-corrected chi connectivity index (χ2v) is 5.81. The van der Waals surface area contributed by atoms with Crippen molar-refractivity contribution in [2.75, 3.05) is 20.1 Å². The van der Waals surface area contributed by atoms with Gasteiger partial charge in [-0.25, -0.2) is 0 Å². The van der Waals surface area contributed by atoms with Crippen molar-refractivity contribution >= 4 is 17.8 Å². The molecule has 7 nitrogen and oxygen atoms in total. The molecule has 1 aliphatic heterocycles. The minimum absolute atomic E-state index is 0.191. The number of amides is 2. The summed E-state index contributed by atoms with van der Waals surface area (Å²) in [6, 6.07) is 7.35. The molecule has 24 heavy (non-hydrogen) atoms. The first kappa shape index (κ1) is 17.8. The Kier molecular flexibility index (Phi) is 6.17. The van der Waals surface area contributed by atoms with E-state index >= 15 is 0 Å². The minimum atomic E-state index is -0.431. The van der Waals surface area contributed by atoms with Gasteiger partial charge in [0.25, 0.3) is 0 Å². The van der Waals surface area contributed by atoms with Gasteiger partial charge in [0.05, 0.1) is 0 Å². The number of likely N-dealkylation sites (tertiary alicyclic amines) is 1. The quantitative estimate of drug-likeness (QED) is 0.539. The Balaban J connectivity index is 1.83. The molecule has 0 bridgehead atoms. The van der Waals surface area contributed by atoms with Crippen LogP contribution in [0, 0.1) is 0 Å². The first-order valence-corrected chi connectivity index (χ1v) is 8.17. The number of nitrogens with zero attached hydrogens (tertiary/aromatic N) is 2. The van der Waals surface area contributed by atoms with Crippen molar-refractivity contribution < 1.29 is 9.59 Å². The molecule has 130 valence electrons. The van der Waals surface area contributed by atoms with Crippen LogP contribution in [0.3, 0.4) is 0 Å². The third-order valence-electron chi connectivity index (χ3n) is 4.11. The third-order valence-corrected chi connectivity index (χ3v) is 4.11. The van der Waals surface area contributed by atoms with Crippen LogP contribution in [-0.2, 0) is 11.3 Å².